The van der Waals surface area contributed by atoms with Crippen molar-refractivity contribution in [2.75, 3.05) is 19.7 Å². The van der Waals surface area contributed by atoms with Gasteiger partial charge in [0.25, 0.3) is 0 Å². The van der Waals surface area contributed by atoms with E-state index in [-0.39, 0.29) is 18.0 Å². The largest absolute Gasteiger partial charge is 0.390 e. The number of hydrogen-bond acceptors (Lipinski definition) is 3. The van der Waals surface area contributed by atoms with E-state index >= 15 is 0 Å². The first kappa shape index (κ1) is 12.2. The molecule has 1 atom stereocenters. The highest BCUT2D eigenvalue weighted by Crippen LogP contribution is 2.37. The fraction of sp³-hybridized carbons (Fsp3) is 1.00. The standard InChI is InChI=1S/C10H19NO2.ClH/c1-9(12)4-7-13-10(8-9)2-5-11-6-3-10;/h11-12H,2-8H2,1H3;1H. The predicted molar refractivity (Wildman–Crippen MR) is 57.9 cm³/mol. The maximum atomic E-state index is 9.99. The van der Waals surface area contributed by atoms with Gasteiger partial charge in [-0.1, -0.05) is 0 Å². The molecule has 2 aliphatic rings. The molecule has 2 rings (SSSR count). The van der Waals surface area contributed by atoms with Crippen LogP contribution in [0.1, 0.15) is 32.6 Å². The van der Waals surface area contributed by atoms with Crippen molar-refractivity contribution in [1.29, 1.82) is 0 Å². The molecular formula is C10H20ClNO2. The second kappa shape index (κ2) is 4.35. The van der Waals surface area contributed by atoms with Gasteiger partial charge >= 0.3 is 0 Å². The summed E-state index contributed by atoms with van der Waals surface area (Å²) in [4.78, 5) is 0. The number of nitrogens with one attached hydrogen (secondary N) is 1. The number of hydrogen-bond donors (Lipinski definition) is 2. The van der Waals surface area contributed by atoms with Crippen LogP contribution in [-0.4, -0.2) is 36.0 Å². The molecule has 0 bridgehead atoms. The third-order valence-electron chi connectivity index (χ3n) is 3.27. The van der Waals surface area contributed by atoms with Crippen LogP contribution in [0.3, 0.4) is 0 Å². The summed E-state index contributed by atoms with van der Waals surface area (Å²) in [6, 6.07) is 0. The zero-order valence-corrected chi connectivity index (χ0v) is 9.53. The van der Waals surface area contributed by atoms with Gasteiger partial charge in [0, 0.05) is 6.42 Å². The number of piperidine rings is 1. The van der Waals surface area contributed by atoms with E-state index in [1.165, 1.54) is 0 Å². The van der Waals surface area contributed by atoms with Gasteiger partial charge in [-0.15, -0.1) is 12.4 Å². The van der Waals surface area contributed by atoms with Crippen molar-refractivity contribution in [3.63, 3.8) is 0 Å². The molecule has 0 aromatic heterocycles. The maximum absolute atomic E-state index is 9.99. The molecule has 0 saturated carbocycles. The van der Waals surface area contributed by atoms with E-state index in [1.807, 2.05) is 6.92 Å². The van der Waals surface area contributed by atoms with Crippen LogP contribution in [-0.2, 0) is 4.74 Å². The van der Waals surface area contributed by atoms with Crippen LogP contribution in [0.25, 0.3) is 0 Å². The molecule has 0 radical (unpaired) electrons. The quantitative estimate of drug-likeness (QED) is 0.644. The first-order valence-electron chi connectivity index (χ1n) is 5.19. The van der Waals surface area contributed by atoms with E-state index in [1.54, 1.807) is 0 Å². The molecule has 0 aromatic rings. The number of aliphatic hydroxyl groups is 1. The first-order valence-corrected chi connectivity index (χ1v) is 5.19. The summed E-state index contributed by atoms with van der Waals surface area (Å²) < 4.78 is 5.84. The van der Waals surface area contributed by atoms with Crippen molar-refractivity contribution in [3.8, 4) is 0 Å². The van der Waals surface area contributed by atoms with Crippen LogP contribution in [0.2, 0.25) is 0 Å². The summed E-state index contributed by atoms with van der Waals surface area (Å²) in [5.74, 6) is 0. The lowest BCUT2D eigenvalue weighted by molar-refractivity contribution is -0.164. The molecule has 2 aliphatic heterocycles. The second-order valence-corrected chi connectivity index (χ2v) is 4.71. The van der Waals surface area contributed by atoms with E-state index in [2.05, 4.69) is 5.32 Å². The smallest absolute Gasteiger partial charge is 0.0734 e. The third kappa shape index (κ3) is 2.60. The maximum Gasteiger partial charge on any atom is 0.0734 e. The van der Waals surface area contributed by atoms with Crippen LogP contribution in [0.15, 0.2) is 0 Å². The van der Waals surface area contributed by atoms with E-state index < -0.39 is 5.60 Å². The molecule has 0 amide bonds. The minimum atomic E-state index is -0.504. The fourth-order valence-corrected chi connectivity index (χ4v) is 2.52. The van der Waals surface area contributed by atoms with Crippen LogP contribution >= 0.6 is 12.4 Å². The zero-order chi connectivity index (χ0) is 9.36. The lowest BCUT2D eigenvalue weighted by Gasteiger charge is -2.46. The summed E-state index contributed by atoms with van der Waals surface area (Å²) >= 11 is 0. The fourth-order valence-electron chi connectivity index (χ4n) is 2.52. The predicted octanol–water partition coefficient (Wildman–Crippen LogP) is 1.09. The minimum absolute atomic E-state index is 0. The van der Waals surface area contributed by atoms with Gasteiger partial charge < -0.3 is 15.2 Å². The van der Waals surface area contributed by atoms with E-state index in [4.69, 9.17) is 4.74 Å². The van der Waals surface area contributed by atoms with Gasteiger partial charge in [-0.2, -0.15) is 0 Å². The lowest BCUT2D eigenvalue weighted by atomic mass is 9.78. The second-order valence-electron chi connectivity index (χ2n) is 4.71. The van der Waals surface area contributed by atoms with Crippen LogP contribution < -0.4 is 5.32 Å². The summed E-state index contributed by atoms with van der Waals surface area (Å²) in [6.45, 7) is 4.69. The van der Waals surface area contributed by atoms with Crippen LogP contribution in [0, 0.1) is 0 Å². The lowest BCUT2D eigenvalue weighted by Crippen LogP contribution is -2.52. The molecule has 2 N–H and O–H groups in total. The Labute approximate surface area is 91.6 Å². The Kier molecular flexibility index (Phi) is 3.81. The van der Waals surface area contributed by atoms with E-state index in [9.17, 15) is 5.11 Å². The third-order valence-corrected chi connectivity index (χ3v) is 3.27. The highest BCUT2D eigenvalue weighted by atomic mass is 35.5. The van der Waals surface area contributed by atoms with Crippen molar-refractivity contribution in [2.45, 2.75) is 43.8 Å². The Bertz CT molecular complexity index is 185. The summed E-state index contributed by atoms with van der Waals surface area (Å²) in [5.41, 5.74) is -0.525. The van der Waals surface area contributed by atoms with Gasteiger partial charge in [0.2, 0.25) is 0 Å². The molecule has 4 heteroatoms. The van der Waals surface area contributed by atoms with E-state index in [0.717, 1.165) is 38.8 Å². The average Bonchev–Trinajstić information content (AvgIpc) is 2.03. The normalized spacial score (nSPS) is 36.4. The van der Waals surface area contributed by atoms with Crippen molar-refractivity contribution in [2.24, 2.45) is 0 Å². The molecule has 0 aliphatic carbocycles. The summed E-state index contributed by atoms with van der Waals surface area (Å²) in [5, 5.41) is 13.3. The van der Waals surface area contributed by atoms with Crippen LogP contribution in [0.4, 0.5) is 0 Å². The molecule has 1 unspecified atom stereocenters. The number of ether oxygens (including phenoxy) is 1. The Balaban J connectivity index is 0.000000980. The van der Waals surface area contributed by atoms with Crippen LogP contribution in [0.5, 0.6) is 0 Å². The highest BCUT2D eigenvalue weighted by molar-refractivity contribution is 5.85. The van der Waals surface area contributed by atoms with Gasteiger partial charge in [0.15, 0.2) is 0 Å². The SMILES string of the molecule is CC1(O)CCOC2(CCNCC2)C1.Cl. The number of rotatable bonds is 0. The van der Waals surface area contributed by atoms with Crippen molar-refractivity contribution in [3.05, 3.63) is 0 Å². The molecule has 2 saturated heterocycles. The molecule has 84 valence electrons. The minimum Gasteiger partial charge on any atom is -0.390 e. The molecule has 14 heavy (non-hydrogen) atoms. The van der Waals surface area contributed by atoms with Gasteiger partial charge in [-0.05, 0) is 39.3 Å². The van der Waals surface area contributed by atoms with E-state index in [0.29, 0.717) is 6.61 Å². The monoisotopic (exact) mass is 221 g/mol. The molecule has 2 fully saturated rings. The van der Waals surface area contributed by atoms with Gasteiger partial charge in [0.1, 0.15) is 0 Å². The molecular weight excluding hydrogens is 202 g/mol. The highest BCUT2D eigenvalue weighted by Gasteiger charge is 2.42. The van der Waals surface area contributed by atoms with Crippen molar-refractivity contribution in [1.82, 2.24) is 5.32 Å². The Morgan fingerprint density at radius 2 is 1.86 bits per heavy atom. The zero-order valence-electron chi connectivity index (χ0n) is 8.71. The molecule has 2 heterocycles. The van der Waals surface area contributed by atoms with Gasteiger partial charge in [-0.25, -0.2) is 0 Å². The first-order chi connectivity index (χ1) is 6.12. The van der Waals surface area contributed by atoms with Gasteiger partial charge in [0.05, 0.1) is 17.8 Å². The molecule has 3 nitrogen and oxygen atoms in total. The van der Waals surface area contributed by atoms with Crippen molar-refractivity contribution < 1.29 is 9.84 Å². The molecule has 1 spiro atoms. The molecule has 0 aromatic carbocycles. The topological polar surface area (TPSA) is 41.5 Å². The Morgan fingerprint density at radius 1 is 1.21 bits per heavy atom. The average molecular weight is 222 g/mol. The van der Waals surface area contributed by atoms with Gasteiger partial charge in [-0.3, -0.25) is 0 Å². The van der Waals surface area contributed by atoms with Crippen molar-refractivity contribution >= 4 is 12.4 Å². The summed E-state index contributed by atoms with van der Waals surface area (Å²) in [6.07, 6.45) is 3.68. The summed E-state index contributed by atoms with van der Waals surface area (Å²) in [7, 11) is 0. The Hall–Kier alpha value is 0.170. The number of halogens is 1. The Morgan fingerprint density at radius 3 is 2.43 bits per heavy atom.